The minimum absolute atomic E-state index is 0.0547. The molecule has 0 aliphatic carbocycles. The number of anilines is 3. The Morgan fingerprint density at radius 3 is 2.06 bits per heavy atom. The Bertz CT molecular complexity index is 1340. The van der Waals surface area contributed by atoms with Crippen molar-refractivity contribution in [2.75, 3.05) is 27.1 Å². The first-order chi connectivity index (χ1) is 16.0. The lowest BCUT2D eigenvalue weighted by Crippen LogP contribution is -2.37. The van der Waals surface area contributed by atoms with Crippen molar-refractivity contribution in [1.82, 2.24) is 9.97 Å². The SMILES string of the molecule is CC(C)c1ccc(N(CC(=O)Nc2ccc(S(=O)(=O)Nc3ncccn3)cc2)S(C)(=O)=O)cc1. The third-order valence-corrected chi connectivity index (χ3v) is 7.26. The lowest BCUT2D eigenvalue weighted by Gasteiger charge is -2.22. The first-order valence-corrected chi connectivity index (χ1v) is 13.6. The fourth-order valence-electron chi connectivity index (χ4n) is 3.00. The monoisotopic (exact) mass is 503 g/mol. The molecule has 34 heavy (non-hydrogen) atoms. The molecule has 0 saturated carbocycles. The first-order valence-electron chi connectivity index (χ1n) is 10.2. The molecule has 2 N–H and O–H groups in total. The number of nitrogens with one attached hydrogen (secondary N) is 2. The smallest absolute Gasteiger partial charge is 0.264 e. The number of sulfonamides is 2. The van der Waals surface area contributed by atoms with Crippen molar-refractivity contribution in [3.63, 3.8) is 0 Å². The van der Waals surface area contributed by atoms with Gasteiger partial charge in [0.15, 0.2) is 0 Å². The van der Waals surface area contributed by atoms with Crippen LogP contribution in [0.1, 0.15) is 25.3 Å². The number of aromatic nitrogens is 2. The second kappa shape index (κ2) is 10.2. The summed E-state index contributed by atoms with van der Waals surface area (Å²) < 4.78 is 52.8. The van der Waals surface area contributed by atoms with Gasteiger partial charge in [0.2, 0.25) is 21.9 Å². The molecule has 180 valence electrons. The highest BCUT2D eigenvalue weighted by molar-refractivity contribution is 7.92. The molecule has 10 nitrogen and oxygen atoms in total. The van der Waals surface area contributed by atoms with E-state index >= 15 is 0 Å². The van der Waals surface area contributed by atoms with E-state index in [1.807, 2.05) is 26.0 Å². The molecule has 0 aliphatic rings. The van der Waals surface area contributed by atoms with E-state index < -0.39 is 32.5 Å². The molecular formula is C22H25N5O5S2. The summed E-state index contributed by atoms with van der Waals surface area (Å²) >= 11 is 0. The largest absolute Gasteiger partial charge is 0.325 e. The van der Waals surface area contributed by atoms with E-state index in [1.165, 1.54) is 36.7 Å². The number of amides is 1. The van der Waals surface area contributed by atoms with Crippen LogP contribution < -0.4 is 14.3 Å². The highest BCUT2D eigenvalue weighted by Crippen LogP contribution is 2.22. The van der Waals surface area contributed by atoms with E-state index in [0.717, 1.165) is 16.1 Å². The normalized spacial score (nSPS) is 11.8. The van der Waals surface area contributed by atoms with Crippen molar-refractivity contribution in [1.29, 1.82) is 0 Å². The molecular weight excluding hydrogens is 478 g/mol. The summed E-state index contributed by atoms with van der Waals surface area (Å²) in [4.78, 5) is 20.2. The molecule has 0 aliphatic heterocycles. The molecule has 3 aromatic rings. The number of nitrogens with zero attached hydrogens (tertiary/aromatic N) is 3. The fourth-order valence-corrected chi connectivity index (χ4v) is 4.82. The molecule has 0 atom stereocenters. The summed E-state index contributed by atoms with van der Waals surface area (Å²) in [6.45, 7) is 3.62. The minimum Gasteiger partial charge on any atom is -0.325 e. The zero-order chi connectivity index (χ0) is 24.9. The van der Waals surface area contributed by atoms with Crippen molar-refractivity contribution < 1.29 is 21.6 Å². The van der Waals surface area contributed by atoms with Gasteiger partial charge in [0, 0.05) is 18.1 Å². The van der Waals surface area contributed by atoms with Gasteiger partial charge in [-0.15, -0.1) is 0 Å². The summed E-state index contributed by atoms with van der Waals surface area (Å²) in [7, 11) is -7.64. The van der Waals surface area contributed by atoms with Crippen LogP contribution in [0.25, 0.3) is 0 Å². The van der Waals surface area contributed by atoms with Crippen molar-refractivity contribution in [3.05, 3.63) is 72.6 Å². The van der Waals surface area contributed by atoms with Crippen molar-refractivity contribution in [2.24, 2.45) is 0 Å². The van der Waals surface area contributed by atoms with Crippen LogP contribution in [-0.4, -0.2) is 45.5 Å². The molecule has 0 radical (unpaired) electrons. The van der Waals surface area contributed by atoms with Gasteiger partial charge >= 0.3 is 0 Å². The molecule has 1 heterocycles. The van der Waals surface area contributed by atoms with E-state index in [2.05, 4.69) is 20.0 Å². The summed E-state index contributed by atoms with van der Waals surface area (Å²) in [5.41, 5.74) is 1.73. The Morgan fingerprint density at radius 1 is 0.941 bits per heavy atom. The van der Waals surface area contributed by atoms with Crippen LogP contribution in [0.5, 0.6) is 0 Å². The average molecular weight is 504 g/mol. The van der Waals surface area contributed by atoms with Crippen molar-refractivity contribution in [2.45, 2.75) is 24.7 Å². The minimum atomic E-state index is -3.92. The maximum Gasteiger partial charge on any atom is 0.264 e. The Kier molecular flexibility index (Phi) is 7.52. The molecule has 0 unspecified atom stereocenters. The third kappa shape index (κ3) is 6.51. The first kappa shape index (κ1) is 25.1. The quantitative estimate of drug-likeness (QED) is 0.458. The Labute approximate surface area is 199 Å². The second-order valence-electron chi connectivity index (χ2n) is 7.77. The molecule has 0 fully saturated rings. The molecule has 1 aromatic heterocycles. The number of carbonyl (C=O) groups excluding carboxylic acids is 1. The molecule has 2 aromatic carbocycles. The van der Waals surface area contributed by atoms with Gasteiger partial charge in [0.05, 0.1) is 16.8 Å². The van der Waals surface area contributed by atoms with E-state index in [9.17, 15) is 21.6 Å². The van der Waals surface area contributed by atoms with Crippen LogP contribution in [0, 0.1) is 0 Å². The van der Waals surface area contributed by atoms with Crippen LogP contribution >= 0.6 is 0 Å². The highest BCUT2D eigenvalue weighted by Gasteiger charge is 2.21. The molecule has 3 rings (SSSR count). The topological polar surface area (TPSA) is 138 Å². The van der Waals surface area contributed by atoms with Gasteiger partial charge < -0.3 is 5.32 Å². The van der Waals surface area contributed by atoms with Crippen LogP contribution in [-0.2, 0) is 24.8 Å². The average Bonchev–Trinajstić information content (AvgIpc) is 2.77. The number of hydrogen-bond donors (Lipinski definition) is 2. The number of benzene rings is 2. The van der Waals surface area contributed by atoms with Gasteiger partial charge in [-0.2, -0.15) is 0 Å². The molecule has 0 spiro atoms. The van der Waals surface area contributed by atoms with Gasteiger partial charge in [-0.3, -0.25) is 9.10 Å². The summed E-state index contributed by atoms with van der Waals surface area (Å²) in [6.07, 6.45) is 3.84. The Balaban J connectivity index is 1.70. The number of rotatable bonds is 9. The molecule has 0 bridgehead atoms. The van der Waals surface area contributed by atoms with Crippen LogP contribution in [0.15, 0.2) is 71.9 Å². The maximum atomic E-state index is 12.6. The molecule has 0 saturated heterocycles. The van der Waals surface area contributed by atoms with E-state index in [-0.39, 0.29) is 16.8 Å². The zero-order valence-electron chi connectivity index (χ0n) is 18.8. The Hall–Kier alpha value is -3.51. The van der Waals surface area contributed by atoms with Gasteiger partial charge in [-0.25, -0.2) is 31.5 Å². The molecule has 12 heteroatoms. The molecule has 1 amide bonds. The summed E-state index contributed by atoms with van der Waals surface area (Å²) in [5, 5.41) is 2.59. The van der Waals surface area contributed by atoms with E-state index in [4.69, 9.17) is 0 Å². The summed E-state index contributed by atoms with van der Waals surface area (Å²) in [5.74, 6) is -0.363. The van der Waals surface area contributed by atoms with Gasteiger partial charge in [0.1, 0.15) is 6.54 Å². The number of hydrogen-bond acceptors (Lipinski definition) is 7. The zero-order valence-corrected chi connectivity index (χ0v) is 20.5. The van der Waals surface area contributed by atoms with Gasteiger partial charge in [-0.05, 0) is 53.9 Å². The standard InChI is InChI=1S/C22H25N5O5S2/c1-16(2)17-5-9-19(10-6-17)27(33(3,29)30)15-21(28)25-18-7-11-20(12-8-18)34(31,32)26-22-23-13-4-14-24-22/h4-14,16H,15H2,1-3H3,(H,25,28)(H,23,24,26). The van der Waals surface area contributed by atoms with E-state index in [0.29, 0.717) is 11.4 Å². The maximum absolute atomic E-state index is 12.6. The third-order valence-electron chi connectivity index (χ3n) is 4.78. The highest BCUT2D eigenvalue weighted by atomic mass is 32.2. The second-order valence-corrected chi connectivity index (χ2v) is 11.4. The predicted molar refractivity (Wildman–Crippen MR) is 131 cm³/mol. The van der Waals surface area contributed by atoms with Gasteiger partial charge in [0.25, 0.3) is 10.0 Å². The van der Waals surface area contributed by atoms with Crippen molar-refractivity contribution in [3.8, 4) is 0 Å². The van der Waals surface area contributed by atoms with E-state index in [1.54, 1.807) is 18.2 Å². The lowest BCUT2D eigenvalue weighted by molar-refractivity contribution is -0.114. The predicted octanol–water partition coefficient (Wildman–Crippen LogP) is 2.81. The van der Waals surface area contributed by atoms with Crippen LogP contribution in [0.4, 0.5) is 17.3 Å². The van der Waals surface area contributed by atoms with Crippen LogP contribution in [0.3, 0.4) is 0 Å². The van der Waals surface area contributed by atoms with Crippen LogP contribution in [0.2, 0.25) is 0 Å². The van der Waals surface area contributed by atoms with Crippen molar-refractivity contribution >= 4 is 43.3 Å². The number of carbonyl (C=O) groups is 1. The fraction of sp³-hybridized carbons (Fsp3) is 0.227. The Morgan fingerprint density at radius 2 is 1.53 bits per heavy atom. The van der Waals surface area contributed by atoms with Gasteiger partial charge in [-0.1, -0.05) is 26.0 Å². The lowest BCUT2D eigenvalue weighted by atomic mass is 10.0. The summed E-state index contributed by atoms with van der Waals surface area (Å²) in [6, 6.07) is 13.9.